The quantitative estimate of drug-likeness (QED) is 0.605. The molecule has 36 heavy (non-hydrogen) atoms. The Morgan fingerprint density at radius 1 is 1.11 bits per heavy atom. The number of carbonyl (C=O) groups excluding carboxylic acids is 3. The number of amides is 4. The minimum Gasteiger partial charge on any atom is -0.361 e. The number of piperidine rings is 1. The first-order valence-electron chi connectivity index (χ1n) is 12.6. The minimum absolute atomic E-state index is 0.0568. The number of nitrogens with one attached hydrogen (secondary N) is 2. The van der Waals surface area contributed by atoms with Crippen LogP contribution in [0.3, 0.4) is 0 Å². The monoisotopic (exact) mass is 516 g/mol. The third-order valence-electron chi connectivity index (χ3n) is 7.15. The highest BCUT2D eigenvalue weighted by atomic mass is 35.5. The topological polar surface area (TPSA) is 88.2 Å². The van der Waals surface area contributed by atoms with E-state index in [9.17, 15) is 14.4 Å². The average Bonchev–Trinajstić information content (AvgIpc) is 3.33. The van der Waals surface area contributed by atoms with Gasteiger partial charge in [0.25, 0.3) is 5.91 Å². The third-order valence-corrected chi connectivity index (χ3v) is 7.40. The molecule has 10 heteroatoms. The summed E-state index contributed by atoms with van der Waals surface area (Å²) >= 11 is 5.91. The van der Waals surface area contributed by atoms with Gasteiger partial charge in [-0.3, -0.25) is 9.59 Å². The summed E-state index contributed by atoms with van der Waals surface area (Å²) in [6.07, 6.45) is 4.66. The summed E-state index contributed by atoms with van der Waals surface area (Å²) < 4.78 is 0. The van der Waals surface area contributed by atoms with Crippen molar-refractivity contribution in [2.75, 3.05) is 45.3 Å². The number of hydrogen-bond acceptors (Lipinski definition) is 5. The second kappa shape index (κ2) is 10.6. The van der Waals surface area contributed by atoms with Gasteiger partial charge in [-0.05, 0) is 54.9 Å². The molecule has 0 unspecified atom stereocenters. The Bertz CT molecular complexity index is 1010. The second-order valence-corrected chi connectivity index (χ2v) is 11.6. The van der Waals surface area contributed by atoms with Crippen LogP contribution in [-0.2, 0) is 9.59 Å². The fourth-order valence-corrected chi connectivity index (χ4v) is 5.16. The maximum Gasteiger partial charge on any atom is 0.319 e. The van der Waals surface area contributed by atoms with Crippen molar-refractivity contribution >= 4 is 35.1 Å². The Balaban J connectivity index is 1.26. The zero-order valence-corrected chi connectivity index (χ0v) is 22.3. The number of urea groups is 1. The zero-order chi connectivity index (χ0) is 26.0. The van der Waals surface area contributed by atoms with Gasteiger partial charge < -0.3 is 30.2 Å². The van der Waals surface area contributed by atoms with Gasteiger partial charge in [-0.1, -0.05) is 32.4 Å². The standard InChI is InChI=1S/C26H37ClN6O3/c1-26(2,3)22(29-25(36)28-20-7-5-19(27)6-8-20)24(35)31-12-9-18(10-13-31)11-14-32-17-33-16-30(4)15-21(33)23(32)34/h5-8,15,18,22H,9-14,16-17H2,1-4H3,(H2,28,29,36)/t22-/m0/s1. The van der Waals surface area contributed by atoms with E-state index in [2.05, 4.69) is 15.5 Å². The summed E-state index contributed by atoms with van der Waals surface area (Å²) in [6.45, 7) is 9.34. The summed E-state index contributed by atoms with van der Waals surface area (Å²) in [4.78, 5) is 46.6. The Morgan fingerprint density at radius 2 is 1.78 bits per heavy atom. The molecule has 4 amide bonds. The molecule has 3 heterocycles. The van der Waals surface area contributed by atoms with Crippen LogP contribution in [0.25, 0.3) is 0 Å². The molecule has 3 aliphatic heterocycles. The van der Waals surface area contributed by atoms with E-state index >= 15 is 0 Å². The summed E-state index contributed by atoms with van der Waals surface area (Å²) in [5.41, 5.74) is 0.953. The number of hydrogen-bond donors (Lipinski definition) is 2. The Hall–Kier alpha value is -2.94. The van der Waals surface area contributed by atoms with E-state index in [1.54, 1.807) is 24.3 Å². The van der Waals surface area contributed by atoms with Crippen LogP contribution in [-0.4, -0.2) is 83.5 Å². The van der Waals surface area contributed by atoms with Crippen LogP contribution in [0, 0.1) is 11.3 Å². The first-order valence-corrected chi connectivity index (χ1v) is 13.0. The van der Waals surface area contributed by atoms with Crippen molar-refractivity contribution in [2.24, 2.45) is 11.3 Å². The molecule has 0 aromatic heterocycles. The number of benzene rings is 1. The first kappa shape index (κ1) is 26.1. The molecule has 0 bridgehead atoms. The van der Waals surface area contributed by atoms with Crippen molar-refractivity contribution in [1.29, 1.82) is 0 Å². The Labute approximate surface area is 218 Å². The lowest BCUT2D eigenvalue weighted by Gasteiger charge is -2.38. The van der Waals surface area contributed by atoms with Gasteiger partial charge in [-0.25, -0.2) is 4.79 Å². The molecule has 2 saturated heterocycles. The van der Waals surface area contributed by atoms with Crippen LogP contribution in [0.15, 0.2) is 36.2 Å². The van der Waals surface area contributed by atoms with Gasteiger partial charge in [-0.2, -0.15) is 0 Å². The van der Waals surface area contributed by atoms with E-state index in [-0.39, 0.29) is 11.8 Å². The zero-order valence-electron chi connectivity index (χ0n) is 21.6. The molecule has 0 radical (unpaired) electrons. The highest BCUT2D eigenvalue weighted by Crippen LogP contribution is 2.28. The first-order chi connectivity index (χ1) is 17.0. The molecule has 4 rings (SSSR count). The maximum absolute atomic E-state index is 13.4. The SMILES string of the molecule is CN1C=C2C(=O)N(CCC3CCN(C(=O)[C@H](NC(=O)Nc4ccc(Cl)cc4)C(C)(C)C)CC3)CN2C1. The van der Waals surface area contributed by atoms with Crippen molar-refractivity contribution in [3.8, 4) is 0 Å². The number of fused-ring (bicyclic) bond motifs is 1. The van der Waals surface area contributed by atoms with Crippen LogP contribution in [0.1, 0.15) is 40.0 Å². The predicted molar refractivity (Wildman–Crippen MR) is 140 cm³/mol. The molecule has 1 aromatic rings. The summed E-state index contributed by atoms with van der Waals surface area (Å²) in [6, 6.07) is 5.77. The number of rotatable bonds is 6. The van der Waals surface area contributed by atoms with Crippen LogP contribution in [0.2, 0.25) is 5.02 Å². The number of nitrogens with zero attached hydrogens (tertiary/aromatic N) is 4. The number of carbonyl (C=O) groups is 3. The van der Waals surface area contributed by atoms with E-state index in [1.807, 2.05) is 48.7 Å². The fraction of sp³-hybridized carbons (Fsp3) is 0.577. The number of halogens is 1. The van der Waals surface area contributed by atoms with Gasteiger partial charge in [0.15, 0.2) is 0 Å². The molecule has 1 atom stereocenters. The summed E-state index contributed by atoms with van der Waals surface area (Å²) in [5.74, 6) is 0.532. The van der Waals surface area contributed by atoms with Gasteiger partial charge in [0.1, 0.15) is 11.7 Å². The normalized spacial score (nSPS) is 19.4. The lowest BCUT2D eigenvalue weighted by atomic mass is 9.85. The van der Waals surface area contributed by atoms with Crippen LogP contribution < -0.4 is 10.6 Å². The van der Waals surface area contributed by atoms with Gasteiger partial charge in [0.2, 0.25) is 5.91 Å². The van der Waals surface area contributed by atoms with Crippen molar-refractivity contribution in [3.63, 3.8) is 0 Å². The van der Waals surface area contributed by atoms with Gasteiger partial charge in [-0.15, -0.1) is 0 Å². The molecular weight excluding hydrogens is 480 g/mol. The summed E-state index contributed by atoms with van der Waals surface area (Å²) in [7, 11) is 1.98. The van der Waals surface area contributed by atoms with Gasteiger partial charge >= 0.3 is 6.03 Å². The molecule has 2 fully saturated rings. The lowest BCUT2D eigenvalue weighted by molar-refractivity contribution is -0.137. The Kier molecular flexibility index (Phi) is 7.68. The third kappa shape index (κ3) is 6.06. The molecule has 0 saturated carbocycles. The molecule has 0 aliphatic carbocycles. The van der Waals surface area contributed by atoms with Gasteiger partial charge in [0, 0.05) is 43.6 Å². The van der Waals surface area contributed by atoms with Crippen LogP contribution in [0.5, 0.6) is 0 Å². The molecule has 2 N–H and O–H groups in total. The van der Waals surface area contributed by atoms with Crippen LogP contribution in [0.4, 0.5) is 10.5 Å². The van der Waals surface area contributed by atoms with E-state index in [0.29, 0.717) is 36.4 Å². The smallest absolute Gasteiger partial charge is 0.319 e. The molecule has 3 aliphatic rings. The van der Waals surface area contributed by atoms with Crippen molar-refractivity contribution in [2.45, 2.75) is 46.1 Å². The average molecular weight is 517 g/mol. The highest BCUT2D eigenvalue weighted by molar-refractivity contribution is 6.30. The second-order valence-electron chi connectivity index (χ2n) is 11.1. The lowest BCUT2D eigenvalue weighted by Crippen LogP contribution is -2.56. The maximum atomic E-state index is 13.4. The fourth-order valence-electron chi connectivity index (χ4n) is 5.04. The number of likely N-dealkylation sites (tertiary alicyclic amines) is 1. The van der Waals surface area contributed by atoms with E-state index in [1.165, 1.54) is 0 Å². The van der Waals surface area contributed by atoms with Gasteiger partial charge in [0.05, 0.1) is 13.3 Å². The molecule has 9 nitrogen and oxygen atoms in total. The predicted octanol–water partition coefficient (Wildman–Crippen LogP) is 3.35. The Morgan fingerprint density at radius 3 is 2.39 bits per heavy atom. The van der Waals surface area contributed by atoms with E-state index in [0.717, 1.165) is 38.2 Å². The highest BCUT2D eigenvalue weighted by Gasteiger charge is 2.38. The van der Waals surface area contributed by atoms with E-state index in [4.69, 9.17) is 11.6 Å². The number of anilines is 1. The van der Waals surface area contributed by atoms with Crippen molar-refractivity contribution in [3.05, 3.63) is 41.2 Å². The minimum atomic E-state index is -0.650. The molecular formula is C26H37ClN6O3. The largest absolute Gasteiger partial charge is 0.361 e. The van der Waals surface area contributed by atoms with Crippen molar-refractivity contribution in [1.82, 2.24) is 24.9 Å². The molecule has 0 spiro atoms. The molecule has 1 aromatic carbocycles. The van der Waals surface area contributed by atoms with Crippen LogP contribution >= 0.6 is 11.6 Å². The molecule has 196 valence electrons. The van der Waals surface area contributed by atoms with Crippen molar-refractivity contribution < 1.29 is 14.4 Å². The summed E-state index contributed by atoms with van der Waals surface area (Å²) in [5, 5.41) is 6.25. The van der Waals surface area contributed by atoms with E-state index < -0.39 is 17.5 Å².